The highest BCUT2D eigenvalue weighted by Gasteiger charge is 2.22. The zero-order valence-electron chi connectivity index (χ0n) is 13.0. The van der Waals surface area contributed by atoms with E-state index in [0.717, 1.165) is 24.1 Å². The quantitative estimate of drug-likeness (QED) is 0.601. The number of carbonyl (C=O) groups is 1. The van der Waals surface area contributed by atoms with Gasteiger partial charge in [-0.15, -0.1) is 0 Å². The van der Waals surface area contributed by atoms with E-state index in [1.807, 2.05) is 45.3 Å². The number of nitrogens with zero attached hydrogens (tertiary/aromatic N) is 1. The van der Waals surface area contributed by atoms with Gasteiger partial charge in [0.25, 0.3) is 0 Å². The first kappa shape index (κ1) is 17.6. The maximum atomic E-state index is 11.0. The average molecular weight is 294 g/mol. The average Bonchev–Trinajstić information content (AvgIpc) is 2.41. The van der Waals surface area contributed by atoms with Gasteiger partial charge in [-0.1, -0.05) is 29.8 Å². The number of hydrogen-bond acceptors (Lipinski definition) is 4. The van der Waals surface area contributed by atoms with Crippen molar-refractivity contribution in [3.63, 3.8) is 0 Å². The Balaban J connectivity index is 2.62. The third-order valence-electron chi connectivity index (χ3n) is 3.38. The van der Waals surface area contributed by atoms with Crippen LogP contribution in [0.3, 0.4) is 0 Å². The minimum absolute atomic E-state index is 0.100. The molecule has 0 aromatic heterocycles. The number of carboxylic acid groups (broad SMARTS) is 1. The summed E-state index contributed by atoms with van der Waals surface area (Å²) in [5.41, 5.74) is 1.85. The van der Waals surface area contributed by atoms with E-state index >= 15 is 0 Å². The number of benzene rings is 1. The molecule has 1 rings (SSSR count). The molecule has 0 amide bonds. The van der Waals surface area contributed by atoms with Crippen molar-refractivity contribution in [2.24, 2.45) is 0 Å². The van der Waals surface area contributed by atoms with Crippen molar-refractivity contribution in [1.82, 2.24) is 10.2 Å². The van der Waals surface area contributed by atoms with Gasteiger partial charge in [-0.2, -0.15) is 0 Å². The van der Waals surface area contributed by atoms with Crippen molar-refractivity contribution >= 4 is 5.97 Å². The largest absolute Gasteiger partial charge is 0.481 e. The first-order valence-corrected chi connectivity index (χ1v) is 7.24. The minimum Gasteiger partial charge on any atom is -0.481 e. The summed E-state index contributed by atoms with van der Waals surface area (Å²) in [5, 5.41) is 22.6. The van der Waals surface area contributed by atoms with Gasteiger partial charge in [0.1, 0.15) is 0 Å². The van der Waals surface area contributed by atoms with E-state index in [9.17, 15) is 9.90 Å². The Labute approximate surface area is 126 Å². The van der Waals surface area contributed by atoms with Crippen LogP contribution in [0.1, 0.15) is 30.1 Å². The summed E-state index contributed by atoms with van der Waals surface area (Å²) < 4.78 is 0. The molecule has 2 unspecified atom stereocenters. The van der Waals surface area contributed by atoms with Crippen LogP contribution in [-0.2, 0) is 4.79 Å². The second-order valence-electron chi connectivity index (χ2n) is 5.67. The van der Waals surface area contributed by atoms with Crippen molar-refractivity contribution < 1.29 is 15.0 Å². The van der Waals surface area contributed by atoms with Crippen molar-refractivity contribution in [1.29, 1.82) is 0 Å². The highest BCUT2D eigenvalue weighted by molar-refractivity contribution is 5.67. The third-order valence-corrected chi connectivity index (χ3v) is 3.38. The SMILES string of the molecule is Cc1ccc(C(O)C(CC(=O)O)NCCCN(C)C)cc1. The van der Waals surface area contributed by atoms with Gasteiger partial charge in [0.15, 0.2) is 0 Å². The van der Waals surface area contributed by atoms with Gasteiger partial charge in [-0.25, -0.2) is 0 Å². The van der Waals surface area contributed by atoms with E-state index in [2.05, 4.69) is 10.2 Å². The van der Waals surface area contributed by atoms with E-state index < -0.39 is 18.1 Å². The summed E-state index contributed by atoms with van der Waals surface area (Å²) >= 11 is 0. The Hall–Kier alpha value is -1.43. The summed E-state index contributed by atoms with van der Waals surface area (Å²) in [6.07, 6.45) is -0.0122. The lowest BCUT2D eigenvalue weighted by Crippen LogP contribution is -2.38. The molecule has 0 spiro atoms. The molecule has 118 valence electrons. The smallest absolute Gasteiger partial charge is 0.305 e. The van der Waals surface area contributed by atoms with E-state index in [-0.39, 0.29) is 6.42 Å². The maximum absolute atomic E-state index is 11.0. The van der Waals surface area contributed by atoms with Gasteiger partial charge in [0, 0.05) is 6.04 Å². The molecule has 0 fully saturated rings. The number of nitrogens with one attached hydrogen (secondary N) is 1. The zero-order chi connectivity index (χ0) is 15.8. The Kier molecular flexibility index (Phi) is 7.36. The topological polar surface area (TPSA) is 72.8 Å². The number of aliphatic hydroxyl groups excluding tert-OH is 1. The fourth-order valence-electron chi connectivity index (χ4n) is 2.16. The van der Waals surface area contributed by atoms with Crippen LogP contribution in [0.4, 0.5) is 0 Å². The molecule has 0 radical (unpaired) electrons. The van der Waals surface area contributed by atoms with Gasteiger partial charge < -0.3 is 20.4 Å². The lowest BCUT2D eigenvalue weighted by Gasteiger charge is -2.23. The van der Waals surface area contributed by atoms with Crippen molar-refractivity contribution in [3.8, 4) is 0 Å². The minimum atomic E-state index is -0.911. The number of carboxylic acids is 1. The highest BCUT2D eigenvalue weighted by atomic mass is 16.4. The van der Waals surface area contributed by atoms with Crippen molar-refractivity contribution in [2.45, 2.75) is 31.9 Å². The van der Waals surface area contributed by atoms with Crippen LogP contribution in [0.15, 0.2) is 24.3 Å². The molecule has 1 aromatic rings. The van der Waals surface area contributed by atoms with Crippen LogP contribution < -0.4 is 5.32 Å². The summed E-state index contributed by atoms with van der Waals surface area (Å²) in [7, 11) is 3.99. The van der Waals surface area contributed by atoms with Crippen LogP contribution >= 0.6 is 0 Å². The molecule has 3 N–H and O–H groups in total. The fourth-order valence-corrected chi connectivity index (χ4v) is 2.16. The summed E-state index contributed by atoms with van der Waals surface area (Å²) in [5.74, 6) is -0.911. The summed E-state index contributed by atoms with van der Waals surface area (Å²) in [6.45, 7) is 3.58. The molecule has 0 aliphatic carbocycles. The second kappa shape index (κ2) is 8.77. The van der Waals surface area contributed by atoms with E-state index in [1.165, 1.54) is 0 Å². The van der Waals surface area contributed by atoms with Crippen molar-refractivity contribution in [2.75, 3.05) is 27.2 Å². The third kappa shape index (κ3) is 6.71. The molecule has 0 saturated heterocycles. The zero-order valence-corrected chi connectivity index (χ0v) is 13.0. The monoisotopic (exact) mass is 294 g/mol. The van der Waals surface area contributed by atoms with E-state index in [4.69, 9.17) is 5.11 Å². The maximum Gasteiger partial charge on any atom is 0.305 e. The van der Waals surface area contributed by atoms with Gasteiger partial charge in [0.05, 0.1) is 12.5 Å². The fraction of sp³-hybridized carbons (Fsp3) is 0.562. The molecule has 0 aliphatic rings. The molecule has 1 aromatic carbocycles. The second-order valence-corrected chi connectivity index (χ2v) is 5.67. The summed E-state index contributed by atoms with van der Waals surface area (Å²) in [4.78, 5) is 13.1. The normalized spacial score (nSPS) is 14.1. The lowest BCUT2D eigenvalue weighted by molar-refractivity contribution is -0.138. The van der Waals surface area contributed by atoms with Gasteiger partial charge in [-0.05, 0) is 46.1 Å². The number of aryl methyl sites for hydroxylation is 1. The molecular formula is C16H26N2O3. The van der Waals surface area contributed by atoms with Crippen LogP contribution in [0.2, 0.25) is 0 Å². The van der Waals surface area contributed by atoms with Gasteiger partial charge in [-0.3, -0.25) is 4.79 Å². The first-order valence-electron chi connectivity index (χ1n) is 7.24. The molecule has 0 heterocycles. The van der Waals surface area contributed by atoms with Crippen molar-refractivity contribution in [3.05, 3.63) is 35.4 Å². The predicted molar refractivity (Wildman–Crippen MR) is 83.4 cm³/mol. The van der Waals surface area contributed by atoms with Gasteiger partial charge >= 0.3 is 5.97 Å². The van der Waals surface area contributed by atoms with Crippen LogP contribution in [0.25, 0.3) is 0 Å². The standard InChI is InChI=1S/C16H26N2O3/c1-12-5-7-13(8-6-12)16(21)14(11-15(19)20)17-9-4-10-18(2)3/h5-8,14,16-17,21H,4,9-11H2,1-3H3,(H,19,20). The van der Waals surface area contributed by atoms with Crippen LogP contribution in [0.5, 0.6) is 0 Å². The van der Waals surface area contributed by atoms with E-state index in [0.29, 0.717) is 6.54 Å². The number of aliphatic carboxylic acids is 1. The van der Waals surface area contributed by atoms with E-state index in [1.54, 1.807) is 0 Å². The Morgan fingerprint density at radius 1 is 1.29 bits per heavy atom. The number of hydrogen-bond donors (Lipinski definition) is 3. The molecule has 0 saturated carbocycles. The summed E-state index contributed by atoms with van der Waals surface area (Å²) in [6, 6.07) is 7.05. The van der Waals surface area contributed by atoms with Crippen LogP contribution in [0, 0.1) is 6.92 Å². The number of aliphatic hydroxyl groups is 1. The van der Waals surface area contributed by atoms with Crippen LogP contribution in [-0.4, -0.2) is 54.3 Å². The first-order chi connectivity index (χ1) is 9.90. The Bertz CT molecular complexity index is 432. The lowest BCUT2D eigenvalue weighted by atomic mass is 9.98. The molecule has 21 heavy (non-hydrogen) atoms. The predicted octanol–water partition coefficient (Wildman–Crippen LogP) is 1.41. The van der Waals surface area contributed by atoms with Gasteiger partial charge in [0.2, 0.25) is 0 Å². The Morgan fingerprint density at radius 2 is 1.90 bits per heavy atom. The molecule has 0 bridgehead atoms. The molecule has 5 nitrogen and oxygen atoms in total. The highest BCUT2D eigenvalue weighted by Crippen LogP contribution is 2.19. The number of rotatable bonds is 9. The molecule has 0 aliphatic heterocycles. The Morgan fingerprint density at radius 3 is 2.43 bits per heavy atom. The molecular weight excluding hydrogens is 268 g/mol. The molecule has 2 atom stereocenters. The molecule has 5 heteroatoms.